The minimum atomic E-state index is -0.511. The molecule has 0 aromatic heterocycles. The van der Waals surface area contributed by atoms with Crippen LogP contribution in [0.25, 0.3) is 0 Å². The van der Waals surface area contributed by atoms with Crippen molar-refractivity contribution in [3.63, 3.8) is 0 Å². The SMILES string of the molecule is COC(OC)C(C)Nc1cc(Cl)ccc1[N+](=O)[O-]. The van der Waals surface area contributed by atoms with Gasteiger partial charge in [0.1, 0.15) is 5.69 Å². The van der Waals surface area contributed by atoms with Gasteiger partial charge in [0, 0.05) is 25.3 Å². The van der Waals surface area contributed by atoms with Crippen molar-refractivity contribution in [2.24, 2.45) is 0 Å². The molecule has 6 nitrogen and oxygen atoms in total. The molecular formula is C11H15ClN2O4. The van der Waals surface area contributed by atoms with Crippen molar-refractivity contribution >= 4 is 23.0 Å². The number of nitro benzene ring substituents is 1. The molecule has 0 amide bonds. The molecule has 1 aromatic rings. The second-order valence-electron chi connectivity index (χ2n) is 3.69. The van der Waals surface area contributed by atoms with Gasteiger partial charge in [0.15, 0.2) is 6.29 Å². The number of nitro groups is 1. The van der Waals surface area contributed by atoms with E-state index >= 15 is 0 Å². The van der Waals surface area contributed by atoms with Gasteiger partial charge in [-0.15, -0.1) is 0 Å². The normalized spacial score (nSPS) is 12.5. The summed E-state index contributed by atoms with van der Waals surface area (Å²) in [4.78, 5) is 10.4. The van der Waals surface area contributed by atoms with Crippen molar-refractivity contribution in [1.29, 1.82) is 0 Å². The van der Waals surface area contributed by atoms with Gasteiger partial charge < -0.3 is 14.8 Å². The Hall–Kier alpha value is -1.37. The molecule has 0 aliphatic rings. The van der Waals surface area contributed by atoms with E-state index < -0.39 is 11.2 Å². The average Bonchev–Trinajstić information content (AvgIpc) is 2.30. The van der Waals surface area contributed by atoms with E-state index in [1.165, 1.54) is 32.4 Å². The number of benzene rings is 1. The van der Waals surface area contributed by atoms with Gasteiger partial charge in [0.05, 0.1) is 11.0 Å². The zero-order valence-corrected chi connectivity index (χ0v) is 11.1. The third kappa shape index (κ3) is 3.56. The molecule has 0 aliphatic heterocycles. The Balaban J connectivity index is 2.95. The molecule has 0 fully saturated rings. The summed E-state index contributed by atoms with van der Waals surface area (Å²) >= 11 is 5.83. The van der Waals surface area contributed by atoms with Crippen LogP contribution >= 0.6 is 11.6 Å². The van der Waals surface area contributed by atoms with Crippen LogP contribution in [0.15, 0.2) is 18.2 Å². The summed E-state index contributed by atoms with van der Waals surface area (Å²) in [6.07, 6.45) is -0.511. The number of methoxy groups -OCH3 is 2. The number of hydrogen-bond donors (Lipinski definition) is 1. The molecule has 0 saturated carbocycles. The fourth-order valence-corrected chi connectivity index (χ4v) is 1.77. The zero-order valence-electron chi connectivity index (χ0n) is 10.3. The predicted molar refractivity (Wildman–Crippen MR) is 69.0 cm³/mol. The van der Waals surface area contributed by atoms with Crippen LogP contribution in [0, 0.1) is 10.1 Å². The lowest BCUT2D eigenvalue weighted by Crippen LogP contribution is -2.33. The van der Waals surface area contributed by atoms with Gasteiger partial charge in [-0.3, -0.25) is 10.1 Å². The first-order chi connectivity index (χ1) is 8.49. The van der Waals surface area contributed by atoms with Crippen molar-refractivity contribution in [1.82, 2.24) is 0 Å². The molecule has 0 bridgehead atoms. The topological polar surface area (TPSA) is 73.6 Å². The van der Waals surface area contributed by atoms with Crippen LogP contribution in [0.4, 0.5) is 11.4 Å². The van der Waals surface area contributed by atoms with Crippen LogP contribution in [0.5, 0.6) is 0 Å². The Morgan fingerprint density at radius 1 is 1.39 bits per heavy atom. The Bertz CT molecular complexity index is 424. The number of nitrogens with zero attached hydrogens (tertiary/aromatic N) is 1. The minimum Gasteiger partial charge on any atom is -0.372 e. The van der Waals surface area contributed by atoms with Crippen molar-refractivity contribution < 1.29 is 14.4 Å². The molecule has 0 aliphatic carbocycles. The lowest BCUT2D eigenvalue weighted by Gasteiger charge is -2.23. The standard InChI is InChI=1S/C11H15ClN2O4/c1-7(11(17-2)18-3)13-9-6-8(12)4-5-10(9)14(15)16/h4-7,11,13H,1-3H3. The largest absolute Gasteiger partial charge is 0.372 e. The molecule has 0 heterocycles. The molecular weight excluding hydrogens is 260 g/mol. The van der Waals surface area contributed by atoms with Crippen LogP contribution < -0.4 is 5.32 Å². The van der Waals surface area contributed by atoms with Crippen LogP contribution in [-0.4, -0.2) is 31.5 Å². The number of anilines is 1. The summed E-state index contributed by atoms with van der Waals surface area (Å²) in [5.41, 5.74) is 0.288. The minimum absolute atomic E-state index is 0.0443. The quantitative estimate of drug-likeness (QED) is 0.490. The van der Waals surface area contributed by atoms with Crippen LogP contribution in [-0.2, 0) is 9.47 Å². The maximum Gasteiger partial charge on any atom is 0.292 e. The maximum atomic E-state index is 10.9. The second-order valence-corrected chi connectivity index (χ2v) is 4.13. The summed E-state index contributed by atoms with van der Waals surface area (Å²) < 4.78 is 10.2. The highest BCUT2D eigenvalue weighted by molar-refractivity contribution is 6.31. The fourth-order valence-electron chi connectivity index (χ4n) is 1.60. The van der Waals surface area contributed by atoms with Gasteiger partial charge in [0.25, 0.3) is 5.69 Å². The summed E-state index contributed by atoms with van der Waals surface area (Å²) in [7, 11) is 3.00. The van der Waals surface area contributed by atoms with Crippen molar-refractivity contribution in [3.05, 3.63) is 33.3 Å². The second kappa shape index (κ2) is 6.53. The first-order valence-electron chi connectivity index (χ1n) is 5.25. The molecule has 1 unspecified atom stereocenters. The predicted octanol–water partition coefficient (Wildman–Crippen LogP) is 2.67. The summed E-state index contributed by atoms with van der Waals surface area (Å²) in [5, 5.41) is 14.3. The van der Waals surface area contributed by atoms with Crippen LogP contribution in [0.1, 0.15) is 6.92 Å². The number of nitrogens with one attached hydrogen (secondary N) is 1. The fraction of sp³-hybridized carbons (Fsp3) is 0.455. The summed E-state index contributed by atoms with van der Waals surface area (Å²) in [6.45, 7) is 1.79. The molecule has 1 atom stereocenters. The van der Waals surface area contributed by atoms with E-state index in [9.17, 15) is 10.1 Å². The first kappa shape index (κ1) is 14.7. The van der Waals surface area contributed by atoms with Gasteiger partial charge in [-0.25, -0.2) is 0 Å². The molecule has 1 rings (SSSR count). The Kier molecular flexibility index (Phi) is 5.33. The van der Waals surface area contributed by atoms with E-state index in [-0.39, 0.29) is 11.7 Å². The molecule has 1 aromatic carbocycles. The van der Waals surface area contributed by atoms with Crippen molar-refractivity contribution in [2.45, 2.75) is 19.3 Å². The molecule has 0 radical (unpaired) electrons. The maximum absolute atomic E-state index is 10.9. The van der Waals surface area contributed by atoms with Gasteiger partial charge in [-0.05, 0) is 19.1 Å². The zero-order chi connectivity index (χ0) is 13.7. The number of halogens is 1. The smallest absolute Gasteiger partial charge is 0.292 e. The molecule has 18 heavy (non-hydrogen) atoms. The van der Waals surface area contributed by atoms with Crippen LogP contribution in [0.2, 0.25) is 5.02 Å². The molecule has 7 heteroatoms. The van der Waals surface area contributed by atoms with E-state index in [4.69, 9.17) is 21.1 Å². The van der Waals surface area contributed by atoms with Crippen LogP contribution in [0.3, 0.4) is 0 Å². The van der Waals surface area contributed by atoms with E-state index in [0.29, 0.717) is 10.7 Å². The van der Waals surface area contributed by atoms with E-state index in [0.717, 1.165) is 0 Å². The Morgan fingerprint density at radius 2 is 2.00 bits per heavy atom. The van der Waals surface area contributed by atoms with Gasteiger partial charge in [-0.1, -0.05) is 11.6 Å². The first-order valence-corrected chi connectivity index (χ1v) is 5.63. The van der Waals surface area contributed by atoms with Gasteiger partial charge in [0.2, 0.25) is 0 Å². The molecule has 0 saturated heterocycles. The van der Waals surface area contributed by atoms with E-state index in [2.05, 4.69) is 5.32 Å². The highest BCUT2D eigenvalue weighted by Gasteiger charge is 2.20. The molecule has 1 N–H and O–H groups in total. The monoisotopic (exact) mass is 274 g/mol. The highest BCUT2D eigenvalue weighted by Crippen LogP contribution is 2.28. The van der Waals surface area contributed by atoms with E-state index in [1.807, 2.05) is 0 Å². The summed E-state index contributed by atoms with van der Waals surface area (Å²) in [6, 6.07) is 4.06. The number of hydrogen-bond acceptors (Lipinski definition) is 5. The van der Waals surface area contributed by atoms with E-state index in [1.54, 1.807) is 6.92 Å². The van der Waals surface area contributed by atoms with Gasteiger partial charge in [-0.2, -0.15) is 0 Å². The Labute approximate surface area is 110 Å². The lowest BCUT2D eigenvalue weighted by atomic mass is 10.2. The molecule has 0 spiro atoms. The van der Waals surface area contributed by atoms with Crippen molar-refractivity contribution in [2.75, 3.05) is 19.5 Å². The molecule has 100 valence electrons. The summed E-state index contributed by atoms with van der Waals surface area (Å²) in [5.74, 6) is 0. The third-order valence-corrected chi connectivity index (χ3v) is 2.65. The number of ether oxygens (including phenoxy) is 2. The lowest BCUT2D eigenvalue weighted by molar-refractivity contribution is -0.384. The van der Waals surface area contributed by atoms with Gasteiger partial charge >= 0.3 is 0 Å². The highest BCUT2D eigenvalue weighted by atomic mass is 35.5. The number of rotatable bonds is 6. The third-order valence-electron chi connectivity index (χ3n) is 2.41. The van der Waals surface area contributed by atoms with Crippen molar-refractivity contribution in [3.8, 4) is 0 Å². The Morgan fingerprint density at radius 3 is 2.50 bits per heavy atom. The average molecular weight is 275 g/mol.